The predicted molar refractivity (Wildman–Crippen MR) is 77.3 cm³/mol. The van der Waals surface area contributed by atoms with Gasteiger partial charge in [0.25, 0.3) is 0 Å². The van der Waals surface area contributed by atoms with Crippen LogP contribution >= 0.6 is 11.6 Å². The third-order valence-corrected chi connectivity index (χ3v) is 3.43. The lowest BCUT2D eigenvalue weighted by Crippen LogP contribution is -2.07. The fourth-order valence-electron chi connectivity index (χ4n) is 2.19. The van der Waals surface area contributed by atoms with Gasteiger partial charge >= 0.3 is 0 Å². The number of benzene rings is 1. The Labute approximate surface area is 118 Å². The van der Waals surface area contributed by atoms with Gasteiger partial charge in [-0.25, -0.2) is 0 Å². The first-order chi connectivity index (χ1) is 8.99. The van der Waals surface area contributed by atoms with E-state index < -0.39 is 6.10 Å². The Hall–Kier alpha value is -1.32. The van der Waals surface area contributed by atoms with Crippen molar-refractivity contribution in [1.29, 1.82) is 0 Å². The Balaban J connectivity index is 2.23. The van der Waals surface area contributed by atoms with Crippen LogP contribution in [-0.2, 0) is 13.5 Å². The summed E-state index contributed by atoms with van der Waals surface area (Å²) in [7, 11) is 1.78. The maximum Gasteiger partial charge on any atom is 0.122 e. The molecule has 0 aliphatic carbocycles. The molecule has 2 aromatic rings. The number of halogens is 1. The Morgan fingerprint density at radius 2 is 1.89 bits per heavy atom. The molecule has 2 rings (SSSR count). The molecular formula is C15H19ClN2O. The maximum atomic E-state index is 10.4. The van der Waals surface area contributed by atoms with Gasteiger partial charge in [-0.2, -0.15) is 5.10 Å². The van der Waals surface area contributed by atoms with Gasteiger partial charge in [0, 0.05) is 7.05 Å². The van der Waals surface area contributed by atoms with E-state index in [1.165, 1.54) is 5.56 Å². The van der Waals surface area contributed by atoms with Crippen LogP contribution in [0, 0.1) is 5.92 Å². The molecule has 1 aromatic carbocycles. The summed E-state index contributed by atoms with van der Waals surface area (Å²) in [4.78, 5) is 0. The molecule has 1 N–H and O–H groups in total. The zero-order chi connectivity index (χ0) is 14.0. The van der Waals surface area contributed by atoms with Gasteiger partial charge in [0.05, 0.1) is 16.9 Å². The molecule has 1 unspecified atom stereocenters. The molecule has 0 aliphatic heterocycles. The van der Waals surface area contributed by atoms with Crippen LogP contribution in [0.5, 0.6) is 0 Å². The van der Waals surface area contributed by atoms with Crippen LogP contribution in [0.15, 0.2) is 30.5 Å². The highest BCUT2D eigenvalue weighted by Crippen LogP contribution is 2.27. The summed E-state index contributed by atoms with van der Waals surface area (Å²) in [5.41, 5.74) is 2.73. The average molecular weight is 279 g/mol. The molecule has 0 aliphatic rings. The quantitative estimate of drug-likeness (QED) is 0.931. The molecule has 0 fully saturated rings. The number of hydrogen-bond acceptors (Lipinski definition) is 2. The largest absolute Gasteiger partial charge is 0.382 e. The molecule has 0 saturated carbocycles. The molecule has 19 heavy (non-hydrogen) atoms. The number of aromatic nitrogens is 2. The molecule has 0 bridgehead atoms. The van der Waals surface area contributed by atoms with Crippen LogP contribution in [0.2, 0.25) is 5.02 Å². The SMILES string of the molecule is CC(C)Cc1ccc(C(O)c2c(Cl)cnn2C)cc1. The molecule has 1 aromatic heterocycles. The molecule has 4 heteroatoms. The van der Waals surface area contributed by atoms with Gasteiger partial charge < -0.3 is 5.11 Å². The summed E-state index contributed by atoms with van der Waals surface area (Å²) in [6.07, 6.45) is 1.85. The van der Waals surface area contributed by atoms with Crippen molar-refractivity contribution in [3.8, 4) is 0 Å². The lowest BCUT2D eigenvalue weighted by atomic mass is 9.99. The zero-order valence-corrected chi connectivity index (χ0v) is 12.2. The van der Waals surface area contributed by atoms with Crippen LogP contribution in [0.1, 0.15) is 36.8 Å². The lowest BCUT2D eigenvalue weighted by Gasteiger charge is -2.13. The fraction of sp³-hybridized carbons (Fsp3) is 0.400. The summed E-state index contributed by atoms with van der Waals surface area (Å²) < 4.78 is 1.61. The van der Waals surface area contributed by atoms with E-state index in [1.807, 2.05) is 12.1 Å². The first-order valence-electron chi connectivity index (χ1n) is 6.43. The van der Waals surface area contributed by atoms with E-state index in [-0.39, 0.29) is 0 Å². The molecule has 1 heterocycles. The number of nitrogens with zero attached hydrogens (tertiary/aromatic N) is 2. The van der Waals surface area contributed by atoms with Gasteiger partial charge in [0.1, 0.15) is 6.10 Å². The number of rotatable bonds is 4. The van der Waals surface area contributed by atoms with Gasteiger partial charge in [0.2, 0.25) is 0 Å². The first-order valence-corrected chi connectivity index (χ1v) is 6.81. The summed E-state index contributed by atoms with van der Waals surface area (Å²) in [6.45, 7) is 4.39. The zero-order valence-electron chi connectivity index (χ0n) is 11.5. The van der Waals surface area contributed by atoms with Crippen LogP contribution in [0.4, 0.5) is 0 Å². The summed E-state index contributed by atoms with van der Waals surface area (Å²) in [5.74, 6) is 0.627. The molecule has 0 amide bonds. The van der Waals surface area contributed by atoms with Gasteiger partial charge in [-0.15, -0.1) is 0 Å². The van der Waals surface area contributed by atoms with Crippen molar-refractivity contribution >= 4 is 11.6 Å². The maximum absolute atomic E-state index is 10.4. The van der Waals surface area contributed by atoms with E-state index >= 15 is 0 Å². The molecule has 0 spiro atoms. The summed E-state index contributed by atoms with van der Waals surface area (Å²) in [5, 5.41) is 14.9. The second-order valence-electron chi connectivity index (χ2n) is 5.24. The highest BCUT2D eigenvalue weighted by molar-refractivity contribution is 6.31. The van der Waals surface area contributed by atoms with Crippen LogP contribution in [-0.4, -0.2) is 14.9 Å². The summed E-state index contributed by atoms with van der Waals surface area (Å²) in [6, 6.07) is 8.02. The molecule has 0 radical (unpaired) electrons. The first kappa shape index (κ1) is 14.1. The minimum absolute atomic E-state index is 0.487. The number of aliphatic hydroxyl groups is 1. The van der Waals surface area contributed by atoms with Crippen molar-refractivity contribution in [2.45, 2.75) is 26.4 Å². The van der Waals surface area contributed by atoms with Gasteiger partial charge in [0.15, 0.2) is 0 Å². The molecule has 3 nitrogen and oxygen atoms in total. The third kappa shape index (κ3) is 3.17. The van der Waals surface area contributed by atoms with E-state index in [9.17, 15) is 5.11 Å². The Morgan fingerprint density at radius 3 is 2.37 bits per heavy atom. The average Bonchev–Trinajstić information content (AvgIpc) is 2.68. The van der Waals surface area contributed by atoms with Crippen molar-refractivity contribution in [3.63, 3.8) is 0 Å². The van der Waals surface area contributed by atoms with E-state index in [1.54, 1.807) is 17.9 Å². The number of aliphatic hydroxyl groups excluding tert-OH is 1. The highest BCUT2D eigenvalue weighted by Gasteiger charge is 2.18. The number of aryl methyl sites for hydroxylation is 1. The smallest absolute Gasteiger partial charge is 0.122 e. The van der Waals surface area contributed by atoms with Crippen molar-refractivity contribution in [2.75, 3.05) is 0 Å². The molecule has 0 saturated heterocycles. The molecular weight excluding hydrogens is 260 g/mol. The Kier molecular flexibility index (Phi) is 4.27. The monoisotopic (exact) mass is 278 g/mol. The number of hydrogen-bond donors (Lipinski definition) is 1. The van der Waals surface area contributed by atoms with Crippen molar-refractivity contribution in [2.24, 2.45) is 13.0 Å². The van der Waals surface area contributed by atoms with Crippen molar-refractivity contribution in [1.82, 2.24) is 9.78 Å². The van der Waals surface area contributed by atoms with Crippen molar-refractivity contribution in [3.05, 3.63) is 52.3 Å². The van der Waals surface area contributed by atoms with E-state index in [4.69, 9.17) is 11.6 Å². The third-order valence-electron chi connectivity index (χ3n) is 3.14. The predicted octanol–water partition coefficient (Wildman–Crippen LogP) is 3.35. The van der Waals surface area contributed by atoms with Crippen molar-refractivity contribution < 1.29 is 5.11 Å². The van der Waals surface area contributed by atoms with Gasteiger partial charge in [-0.3, -0.25) is 4.68 Å². The van der Waals surface area contributed by atoms with Crippen LogP contribution in [0.3, 0.4) is 0 Å². The molecule has 102 valence electrons. The topological polar surface area (TPSA) is 38.1 Å². The van der Waals surface area contributed by atoms with E-state index in [0.29, 0.717) is 16.6 Å². The van der Waals surface area contributed by atoms with Crippen LogP contribution < -0.4 is 0 Å². The second kappa shape index (κ2) is 5.76. The Morgan fingerprint density at radius 1 is 1.26 bits per heavy atom. The minimum Gasteiger partial charge on any atom is -0.382 e. The van der Waals surface area contributed by atoms with Gasteiger partial charge in [-0.1, -0.05) is 49.7 Å². The fourth-order valence-corrected chi connectivity index (χ4v) is 2.46. The molecule has 1 atom stereocenters. The lowest BCUT2D eigenvalue weighted by molar-refractivity contribution is 0.210. The second-order valence-corrected chi connectivity index (χ2v) is 5.65. The summed E-state index contributed by atoms with van der Waals surface area (Å²) >= 11 is 6.05. The standard InChI is InChI=1S/C15H19ClN2O/c1-10(2)8-11-4-6-12(7-5-11)15(19)14-13(16)9-17-18(14)3/h4-7,9-10,15,19H,8H2,1-3H3. The Bertz CT molecular complexity index is 526. The van der Waals surface area contributed by atoms with E-state index in [0.717, 1.165) is 12.0 Å². The minimum atomic E-state index is -0.743. The highest BCUT2D eigenvalue weighted by atomic mass is 35.5. The normalized spacial score (nSPS) is 12.9. The van der Waals surface area contributed by atoms with Gasteiger partial charge in [-0.05, 0) is 23.5 Å². The van der Waals surface area contributed by atoms with Crippen LogP contribution in [0.25, 0.3) is 0 Å². The van der Waals surface area contributed by atoms with E-state index in [2.05, 4.69) is 31.1 Å².